The van der Waals surface area contributed by atoms with Crippen molar-refractivity contribution in [2.45, 2.75) is 31.9 Å². The lowest BCUT2D eigenvalue weighted by atomic mass is 10.0. The molecule has 2 aliphatic rings. The second-order valence-corrected chi connectivity index (χ2v) is 10.5. The second kappa shape index (κ2) is 10.6. The molecule has 1 fully saturated rings. The molecule has 0 unspecified atom stereocenters. The van der Waals surface area contributed by atoms with Gasteiger partial charge in [0.15, 0.2) is 5.17 Å². The number of rotatable bonds is 4. The topological polar surface area (TPSA) is 82.8 Å². The predicted molar refractivity (Wildman–Crippen MR) is 138 cm³/mol. The van der Waals surface area contributed by atoms with Crippen LogP contribution in [0.1, 0.15) is 27.9 Å². The number of nitrogens with one attached hydrogen (secondary N) is 1. The van der Waals surface area contributed by atoms with Gasteiger partial charge in [-0.25, -0.2) is 0 Å². The summed E-state index contributed by atoms with van der Waals surface area (Å²) in [6.45, 7) is 3.06. The molecule has 14 heteroatoms. The lowest BCUT2D eigenvalue weighted by molar-refractivity contribution is -0.143. The van der Waals surface area contributed by atoms with Gasteiger partial charge in [0, 0.05) is 31.1 Å². The third-order valence-electron chi connectivity index (χ3n) is 6.68. The van der Waals surface area contributed by atoms with E-state index in [1.807, 2.05) is 4.90 Å². The van der Waals surface area contributed by atoms with E-state index in [2.05, 4.69) is 15.4 Å². The summed E-state index contributed by atoms with van der Waals surface area (Å²) >= 11 is 1.23. The van der Waals surface area contributed by atoms with Crippen LogP contribution in [0.2, 0.25) is 0 Å². The fourth-order valence-electron chi connectivity index (χ4n) is 4.69. The molecule has 2 aliphatic heterocycles. The lowest BCUT2D eigenvalue weighted by Crippen LogP contribution is -2.53. The highest BCUT2D eigenvalue weighted by atomic mass is 32.2. The highest BCUT2D eigenvalue weighted by Crippen LogP contribution is 2.38. The van der Waals surface area contributed by atoms with Crippen LogP contribution < -0.4 is 5.32 Å². The summed E-state index contributed by atoms with van der Waals surface area (Å²) in [7, 11) is 0. The number of aliphatic imine (C=N–C) groups is 1. The third kappa shape index (κ3) is 5.74. The number of hydrogen-bond donors (Lipinski definition) is 2. The van der Waals surface area contributed by atoms with Crippen molar-refractivity contribution in [1.82, 2.24) is 20.0 Å². The molecule has 0 spiro atoms. The van der Waals surface area contributed by atoms with Crippen LogP contribution in [0.3, 0.4) is 0 Å². The van der Waals surface area contributed by atoms with E-state index in [4.69, 9.17) is 0 Å². The minimum absolute atomic E-state index is 0.0332. The van der Waals surface area contributed by atoms with Crippen LogP contribution in [0.15, 0.2) is 46.3 Å². The van der Waals surface area contributed by atoms with Crippen LogP contribution in [0.5, 0.6) is 0 Å². The van der Waals surface area contributed by atoms with Crippen LogP contribution in [0, 0.1) is 6.92 Å². The zero-order valence-corrected chi connectivity index (χ0v) is 21.8. The smallest absolute Gasteiger partial charge is 0.395 e. The van der Waals surface area contributed by atoms with E-state index < -0.39 is 29.4 Å². The molecule has 1 saturated heterocycles. The number of piperazine rings is 1. The quantitative estimate of drug-likeness (QED) is 0.344. The monoisotopic (exact) mass is 583 g/mol. The molecule has 2 N–H and O–H groups in total. The molecule has 0 radical (unpaired) electrons. The highest BCUT2D eigenvalue weighted by molar-refractivity contribution is 8.18. The fourth-order valence-corrected chi connectivity index (χ4v) is 5.64. The van der Waals surface area contributed by atoms with Crippen LogP contribution in [-0.2, 0) is 23.7 Å². The van der Waals surface area contributed by atoms with Crippen molar-refractivity contribution in [3.05, 3.63) is 69.3 Å². The SMILES string of the molecule is Cc1nn(Cc2ccc(C(F)(F)F)cc2C(F)(F)F)c2ccc(/C=C3\SC(N4CCN[C@@H](CO)C4)=NC3=O)cc12. The van der Waals surface area contributed by atoms with Gasteiger partial charge in [0.2, 0.25) is 0 Å². The number of carbonyl (C=O) groups is 1. The Bertz CT molecular complexity index is 1530. The zero-order chi connectivity index (χ0) is 28.8. The summed E-state index contributed by atoms with van der Waals surface area (Å²) in [5.41, 5.74) is -1.43. The molecule has 3 aromatic rings. The molecule has 1 atom stereocenters. The Balaban J connectivity index is 1.40. The molecular formula is C26H23F6N5O2S. The van der Waals surface area contributed by atoms with Crippen molar-refractivity contribution < 1.29 is 36.2 Å². The van der Waals surface area contributed by atoms with E-state index in [0.29, 0.717) is 57.9 Å². The molecule has 1 amide bonds. The Hall–Kier alpha value is -3.36. The Morgan fingerprint density at radius 1 is 1.12 bits per heavy atom. The lowest BCUT2D eigenvalue weighted by Gasteiger charge is -2.33. The van der Waals surface area contributed by atoms with E-state index >= 15 is 0 Å². The van der Waals surface area contributed by atoms with Crippen molar-refractivity contribution in [2.75, 3.05) is 26.2 Å². The normalized spacial score (nSPS) is 19.6. The summed E-state index contributed by atoms with van der Waals surface area (Å²) < 4.78 is 81.4. The summed E-state index contributed by atoms with van der Waals surface area (Å²) in [6.07, 6.45) is -8.22. The van der Waals surface area contributed by atoms with E-state index in [1.165, 1.54) is 16.4 Å². The van der Waals surface area contributed by atoms with Crippen molar-refractivity contribution >= 4 is 39.8 Å². The molecule has 1 aromatic heterocycles. The Morgan fingerprint density at radius 2 is 1.90 bits per heavy atom. The number of aromatic nitrogens is 2. The number of aliphatic hydroxyl groups is 1. The molecule has 40 heavy (non-hydrogen) atoms. The maximum Gasteiger partial charge on any atom is 0.416 e. The average Bonchev–Trinajstić information content (AvgIpc) is 3.41. The molecule has 0 bridgehead atoms. The van der Waals surface area contributed by atoms with E-state index in [0.717, 1.165) is 6.07 Å². The maximum atomic E-state index is 13.6. The minimum Gasteiger partial charge on any atom is -0.395 e. The molecule has 7 nitrogen and oxygen atoms in total. The number of thioether (sulfide) groups is 1. The largest absolute Gasteiger partial charge is 0.416 e. The van der Waals surface area contributed by atoms with Gasteiger partial charge in [0.1, 0.15) is 0 Å². The van der Waals surface area contributed by atoms with Gasteiger partial charge < -0.3 is 15.3 Å². The number of fused-ring (bicyclic) bond motifs is 1. The second-order valence-electron chi connectivity index (χ2n) is 9.48. The number of hydrogen-bond acceptors (Lipinski definition) is 6. The van der Waals surface area contributed by atoms with E-state index in [-0.39, 0.29) is 30.8 Å². The number of alkyl halides is 6. The molecule has 2 aromatic carbocycles. The summed E-state index contributed by atoms with van der Waals surface area (Å²) in [4.78, 5) is 19.1. The third-order valence-corrected chi connectivity index (χ3v) is 7.72. The molecular weight excluding hydrogens is 560 g/mol. The van der Waals surface area contributed by atoms with Crippen molar-refractivity contribution in [3.63, 3.8) is 0 Å². The molecule has 212 valence electrons. The van der Waals surface area contributed by atoms with E-state index in [9.17, 15) is 36.2 Å². The van der Waals surface area contributed by atoms with Gasteiger partial charge in [-0.3, -0.25) is 9.48 Å². The van der Waals surface area contributed by atoms with Crippen LogP contribution in [0.25, 0.3) is 17.0 Å². The molecule has 3 heterocycles. The van der Waals surface area contributed by atoms with Crippen molar-refractivity contribution in [2.24, 2.45) is 4.99 Å². The van der Waals surface area contributed by atoms with Gasteiger partial charge in [0.25, 0.3) is 5.91 Å². The van der Waals surface area contributed by atoms with E-state index in [1.54, 1.807) is 31.2 Å². The van der Waals surface area contributed by atoms with Gasteiger partial charge in [0.05, 0.1) is 40.4 Å². The maximum absolute atomic E-state index is 13.6. The fraction of sp³-hybridized carbons (Fsp3) is 0.346. The van der Waals surface area contributed by atoms with Crippen LogP contribution in [0.4, 0.5) is 26.3 Å². The molecule has 0 saturated carbocycles. The Labute approximate surface area is 228 Å². The van der Waals surface area contributed by atoms with Gasteiger partial charge in [-0.1, -0.05) is 12.1 Å². The Morgan fingerprint density at radius 3 is 2.60 bits per heavy atom. The van der Waals surface area contributed by atoms with Crippen LogP contribution in [-0.4, -0.2) is 63.1 Å². The van der Waals surface area contributed by atoms with Gasteiger partial charge in [-0.2, -0.15) is 36.4 Å². The number of aryl methyl sites for hydroxylation is 1. The number of amidine groups is 1. The van der Waals surface area contributed by atoms with Crippen LogP contribution >= 0.6 is 11.8 Å². The van der Waals surface area contributed by atoms with Gasteiger partial charge in [-0.15, -0.1) is 0 Å². The number of aliphatic hydroxyl groups excluding tert-OH is 1. The van der Waals surface area contributed by atoms with Gasteiger partial charge in [-0.05, 0) is 60.2 Å². The van der Waals surface area contributed by atoms with Gasteiger partial charge >= 0.3 is 12.4 Å². The van der Waals surface area contributed by atoms with Crippen molar-refractivity contribution in [1.29, 1.82) is 0 Å². The Kier molecular flexibility index (Phi) is 7.44. The number of halogens is 6. The molecule has 5 rings (SSSR count). The molecule has 0 aliphatic carbocycles. The average molecular weight is 584 g/mol. The number of carbonyl (C=O) groups excluding carboxylic acids is 1. The highest BCUT2D eigenvalue weighted by Gasteiger charge is 2.38. The first-order chi connectivity index (χ1) is 18.8. The minimum atomic E-state index is -4.98. The summed E-state index contributed by atoms with van der Waals surface area (Å²) in [6, 6.07) is 6.54. The van der Waals surface area contributed by atoms with Crippen molar-refractivity contribution in [3.8, 4) is 0 Å². The standard InChI is InChI=1S/C26H23F6N5O2S/c1-14-19-8-15(9-22-23(39)34-24(40-22)36-7-6-33-18(12-36)13-38)2-5-21(19)37(35-14)11-16-3-4-17(25(27,28)29)10-20(16)26(30,31)32/h2-5,8-10,18,33,38H,6-7,11-13H2,1H3/b22-9-/t18-/m1/s1. The number of amides is 1. The first-order valence-electron chi connectivity index (χ1n) is 12.2. The number of benzene rings is 2. The first kappa shape index (κ1) is 28.2. The predicted octanol–water partition coefficient (Wildman–Crippen LogP) is 4.67. The summed E-state index contributed by atoms with van der Waals surface area (Å²) in [5, 5.41) is 18.1. The number of nitrogens with zero attached hydrogens (tertiary/aromatic N) is 4. The summed E-state index contributed by atoms with van der Waals surface area (Å²) in [5.74, 6) is -0.395. The first-order valence-corrected chi connectivity index (χ1v) is 13.0. The zero-order valence-electron chi connectivity index (χ0n) is 21.0.